The number of fused-ring (bicyclic) bond motifs is 2. The van der Waals surface area contributed by atoms with Crippen LogP contribution in [0.1, 0.15) is 43.7 Å². The van der Waals surface area contributed by atoms with Crippen molar-refractivity contribution in [2.75, 3.05) is 19.0 Å². The Kier molecular flexibility index (Phi) is 9.08. The van der Waals surface area contributed by atoms with E-state index in [-0.39, 0.29) is 25.1 Å². The van der Waals surface area contributed by atoms with Crippen molar-refractivity contribution in [3.05, 3.63) is 75.7 Å². The number of carboxylic acids is 1. The van der Waals surface area contributed by atoms with Crippen molar-refractivity contribution in [2.24, 2.45) is 0 Å². The number of hydrogen-bond donors (Lipinski definition) is 1. The lowest BCUT2D eigenvalue weighted by Crippen LogP contribution is -2.32. The SMILES string of the molecule is CC1=C(Cc2ccc([S+]([O-])CCCC(F)F)c(C)c2)/C2=C/C(CF)=CC/C=C(\C2)N1CC(=O)O. The molecule has 1 aliphatic carbocycles. The molecular weight excluding hydrogens is 463 g/mol. The molecule has 3 rings (SSSR count). The van der Waals surface area contributed by atoms with Crippen molar-refractivity contribution in [3.8, 4) is 0 Å². The number of aliphatic carboxylic acids is 1. The molecule has 0 saturated heterocycles. The molecule has 34 heavy (non-hydrogen) atoms. The van der Waals surface area contributed by atoms with E-state index >= 15 is 0 Å². The van der Waals surface area contributed by atoms with Gasteiger partial charge in [-0.1, -0.05) is 30.4 Å². The van der Waals surface area contributed by atoms with Crippen molar-refractivity contribution >= 4 is 17.1 Å². The van der Waals surface area contributed by atoms with Gasteiger partial charge in [0.2, 0.25) is 6.43 Å². The van der Waals surface area contributed by atoms with Gasteiger partial charge in [-0.25, -0.2) is 13.2 Å². The molecule has 0 spiro atoms. The van der Waals surface area contributed by atoms with E-state index in [1.54, 1.807) is 6.07 Å². The van der Waals surface area contributed by atoms with Crippen LogP contribution in [0.3, 0.4) is 0 Å². The highest BCUT2D eigenvalue weighted by atomic mass is 32.2. The molecular formula is C26H30F3NO3S. The lowest BCUT2D eigenvalue weighted by molar-refractivity contribution is -0.137. The van der Waals surface area contributed by atoms with Gasteiger partial charge < -0.3 is 14.6 Å². The zero-order valence-electron chi connectivity index (χ0n) is 19.5. The number of rotatable bonds is 10. The number of hydrogen-bond acceptors (Lipinski definition) is 3. The minimum atomic E-state index is -2.39. The Hall–Kier alpha value is -2.45. The van der Waals surface area contributed by atoms with Crippen LogP contribution in [0.15, 0.2) is 69.4 Å². The Morgan fingerprint density at radius 1 is 1.26 bits per heavy atom. The largest absolute Gasteiger partial charge is 0.611 e. The molecule has 8 heteroatoms. The second kappa shape index (κ2) is 11.8. The van der Waals surface area contributed by atoms with E-state index in [0.29, 0.717) is 29.7 Å². The molecule has 1 aliphatic heterocycles. The highest BCUT2D eigenvalue weighted by Crippen LogP contribution is 2.37. The number of allylic oxidation sites excluding steroid dienone is 7. The molecule has 2 aliphatic rings. The summed E-state index contributed by atoms with van der Waals surface area (Å²) in [6.07, 6.45) is 4.78. The maximum Gasteiger partial charge on any atom is 0.323 e. The fraction of sp³-hybridized carbons (Fsp3) is 0.423. The van der Waals surface area contributed by atoms with Crippen LogP contribution in [0.2, 0.25) is 0 Å². The summed E-state index contributed by atoms with van der Waals surface area (Å²) >= 11 is -1.35. The highest BCUT2D eigenvalue weighted by Gasteiger charge is 2.27. The molecule has 1 heterocycles. The monoisotopic (exact) mass is 493 g/mol. The smallest absolute Gasteiger partial charge is 0.323 e. The Morgan fingerprint density at radius 3 is 2.68 bits per heavy atom. The number of carbonyl (C=O) groups is 1. The molecule has 0 radical (unpaired) electrons. The van der Waals surface area contributed by atoms with Crippen LogP contribution < -0.4 is 0 Å². The minimum absolute atomic E-state index is 0.149. The molecule has 1 N–H and O–H groups in total. The van der Waals surface area contributed by atoms with Gasteiger partial charge in [0.25, 0.3) is 0 Å². The summed E-state index contributed by atoms with van der Waals surface area (Å²) in [5.74, 6) is -0.733. The summed E-state index contributed by atoms with van der Waals surface area (Å²) in [4.78, 5) is 14.0. The topological polar surface area (TPSA) is 63.6 Å². The number of aryl methyl sites for hydroxylation is 1. The van der Waals surface area contributed by atoms with E-state index in [4.69, 9.17) is 0 Å². The molecule has 2 bridgehead atoms. The van der Waals surface area contributed by atoms with Gasteiger partial charge in [-0.3, -0.25) is 4.79 Å². The summed E-state index contributed by atoms with van der Waals surface area (Å²) in [5.41, 5.74) is 6.01. The van der Waals surface area contributed by atoms with Crippen LogP contribution in [-0.4, -0.2) is 45.9 Å². The lowest BCUT2D eigenvalue weighted by atomic mass is 9.86. The number of carboxylic acid groups (broad SMARTS) is 1. The maximum absolute atomic E-state index is 13.5. The molecule has 1 atom stereocenters. The first kappa shape index (κ1) is 26.2. The van der Waals surface area contributed by atoms with Crippen molar-refractivity contribution in [1.29, 1.82) is 0 Å². The fourth-order valence-electron chi connectivity index (χ4n) is 4.41. The number of benzene rings is 1. The summed E-state index contributed by atoms with van der Waals surface area (Å²) in [5, 5.41) is 9.44. The summed E-state index contributed by atoms with van der Waals surface area (Å²) in [6.45, 7) is 3.02. The van der Waals surface area contributed by atoms with E-state index in [0.717, 1.165) is 33.7 Å². The summed E-state index contributed by atoms with van der Waals surface area (Å²) < 4.78 is 50.8. The maximum atomic E-state index is 13.5. The molecule has 0 saturated carbocycles. The average molecular weight is 494 g/mol. The van der Waals surface area contributed by atoms with Gasteiger partial charge in [0.1, 0.15) is 19.0 Å². The Bertz CT molecular complexity index is 1050. The highest BCUT2D eigenvalue weighted by molar-refractivity contribution is 7.91. The Morgan fingerprint density at radius 2 is 2.03 bits per heavy atom. The van der Waals surface area contributed by atoms with Crippen molar-refractivity contribution < 1.29 is 27.6 Å². The van der Waals surface area contributed by atoms with E-state index in [2.05, 4.69) is 0 Å². The van der Waals surface area contributed by atoms with Crippen molar-refractivity contribution in [1.82, 2.24) is 4.90 Å². The first-order chi connectivity index (χ1) is 16.2. The zero-order chi connectivity index (χ0) is 24.8. The predicted molar refractivity (Wildman–Crippen MR) is 128 cm³/mol. The van der Waals surface area contributed by atoms with E-state index < -0.39 is 30.2 Å². The van der Waals surface area contributed by atoms with E-state index in [1.807, 2.05) is 49.1 Å². The third-order valence-electron chi connectivity index (χ3n) is 6.11. The van der Waals surface area contributed by atoms with Gasteiger partial charge in [-0.15, -0.1) is 0 Å². The standard InChI is InChI=1S/C26H30F3NO3S/c1-17-11-19(8-9-24(17)34(33)10-4-7-25(28)29)13-23-18(2)30(16-26(31)32)22-6-3-5-20(15-27)12-21(23)14-22/h5-6,8-9,11-12,25H,3-4,7,10,13-16H2,1-2H3,(H,31,32)/b20-5?,21-12+,22-6+. The first-order valence-corrected chi connectivity index (χ1v) is 12.6. The van der Waals surface area contributed by atoms with Crippen molar-refractivity contribution in [2.45, 2.75) is 57.3 Å². The predicted octanol–water partition coefficient (Wildman–Crippen LogP) is 5.86. The van der Waals surface area contributed by atoms with Gasteiger partial charge in [0.05, 0.1) is 0 Å². The molecule has 1 unspecified atom stereocenters. The third-order valence-corrected chi connectivity index (χ3v) is 7.71. The van der Waals surface area contributed by atoms with Crippen molar-refractivity contribution in [3.63, 3.8) is 0 Å². The Balaban J connectivity index is 1.89. The van der Waals surface area contributed by atoms with Gasteiger partial charge >= 0.3 is 5.97 Å². The van der Waals surface area contributed by atoms with Crippen LogP contribution in [-0.2, 0) is 22.4 Å². The van der Waals surface area contributed by atoms with E-state index in [1.165, 1.54) is 0 Å². The second-order valence-electron chi connectivity index (χ2n) is 8.59. The van der Waals surface area contributed by atoms with Gasteiger partial charge in [0, 0.05) is 29.8 Å². The zero-order valence-corrected chi connectivity index (χ0v) is 20.3. The van der Waals surface area contributed by atoms with Crippen LogP contribution in [0, 0.1) is 6.92 Å². The molecule has 4 nitrogen and oxygen atoms in total. The van der Waals surface area contributed by atoms with Gasteiger partial charge in [0.15, 0.2) is 4.90 Å². The normalized spacial score (nSPS) is 20.2. The molecule has 0 aromatic heterocycles. The summed E-state index contributed by atoms with van der Waals surface area (Å²) in [7, 11) is 0. The molecule has 0 amide bonds. The molecule has 0 fully saturated rings. The second-order valence-corrected chi connectivity index (χ2v) is 10.1. The van der Waals surface area contributed by atoms with Crippen LogP contribution in [0.5, 0.6) is 0 Å². The first-order valence-electron chi connectivity index (χ1n) is 11.3. The number of halogens is 3. The summed E-state index contributed by atoms with van der Waals surface area (Å²) in [6, 6.07) is 5.58. The van der Waals surface area contributed by atoms with Gasteiger partial charge in [-0.2, -0.15) is 0 Å². The minimum Gasteiger partial charge on any atom is -0.611 e. The Labute approximate surface area is 201 Å². The molecule has 184 valence electrons. The van der Waals surface area contributed by atoms with E-state index in [9.17, 15) is 27.6 Å². The number of nitrogens with zero attached hydrogens (tertiary/aromatic N) is 1. The lowest BCUT2D eigenvalue weighted by Gasteiger charge is -2.36. The van der Waals surface area contributed by atoms with Crippen LogP contribution in [0.4, 0.5) is 13.2 Å². The molecule has 1 aromatic rings. The van der Waals surface area contributed by atoms with Gasteiger partial charge in [-0.05, 0) is 72.6 Å². The average Bonchev–Trinajstić information content (AvgIpc) is 2.75. The quantitative estimate of drug-likeness (QED) is 0.415. The fourth-order valence-corrected chi connectivity index (χ4v) is 5.69. The van der Waals surface area contributed by atoms with Crippen LogP contribution in [0.25, 0.3) is 0 Å². The third kappa shape index (κ3) is 6.57. The molecule has 1 aromatic carbocycles. The number of alkyl halides is 3. The van der Waals surface area contributed by atoms with Crippen LogP contribution >= 0.6 is 0 Å².